The van der Waals surface area contributed by atoms with Crippen molar-refractivity contribution in [2.75, 3.05) is 5.32 Å². The largest absolute Gasteiger partial charge is 0.378 e. The molecule has 3 heteroatoms. The van der Waals surface area contributed by atoms with Crippen molar-refractivity contribution in [2.24, 2.45) is 0 Å². The minimum absolute atomic E-state index is 0.279. The van der Waals surface area contributed by atoms with Gasteiger partial charge >= 0.3 is 0 Å². The Balaban J connectivity index is 1.86. The molecule has 96 valence electrons. The van der Waals surface area contributed by atoms with Crippen LogP contribution in [0.5, 0.6) is 0 Å². The Morgan fingerprint density at radius 1 is 1.16 bits per heavy atom. The number of nitrogens with zero attached hydrogens (tertiary/aromatic N) is 1. The van der Waals surface area contributed by atoms with Crippen LogP contribution in [0.2, 0.25) is 0 Å². The number of rotatable bonds is 3. The first kappa shape index (κ1) is 11.8. The molecule has 19 heavy (non-hydrogen) atoms. The summed E-state index contributed by atoms with van der Waals surface area (Å²) in [5, 5.41) is 11.7. The zero-order chi connectivity index (χ0) is 13.2. The molecule has 3 nitrogen and oxygen atoms in total. The first-order chi connectivity index (χ1) is 9.24. The minimum Gasteiger partial charge on any atom is -0.378 e. The summed E-state index contributed by atoms with van der Waals surface area (Å²) in [5.74, 6) is 0. The molecule has 0 amide bonds. The van der Waals surface area contributed by atoms with Crippen LogP contribution in [0.4, 0.5) is 5.69 Å². The number of H-pyrrole nitrogens is 1. The van der Waals surface area contributed by atoms with Crippen LogP contribution in [0, 0.1) is 6.92 Å². The predicted molar refractivity (Wildman–Crippen MR) is 79.3 cm³/mol. The van der Waals surface area contributed by atoms with Crippen molar-refractivity contribution in [2.45, 2.75) is 19.9 Å². The summed E-state index contributed by atoms with van der Waals surface area (Å²) in [7, 11) is 0. The van der Waals surface area contributed by atoms with E-state index in [0.29, 0.717) is 0 Å². The van der Waals surface area contributed by atoms with Gasteiger partial charge in [0.25, 0.3) is 0 Å². The van der Waals surface area contributed by atoms with Gasteiger partial charge in [-0.1, -0.05) is 24.3 Å². The summed E-state index contributed by atoms with van der Waals surface area (Å²) in [6.07, 6.45) is 1.84. The summed E-state index contributed by atoms with van der Waals surface area (Å²) in [6, 6.07) is 15.0. The smallest absolute Gasteiger partial charge is 0.0670 e. The number of fused-ring (bicyclic) bond motifs is 1. The number of aromatic nitrogens is 2. The first-order valence-corrected chi connectivity index (χ1v) is 6.49. The molecule has 0 radical (unpaired) electrons. The van der Waals surface area contributed by atoms with Crippen LogP contribution in [0.1, 0.15) is 24.1 Å². The zero-order valence-corrected chi connectivity index (χ0v) is 11.1. The molecule has 1 atom stereocenters. The van der Waals surface area contributed by atoms with Crippen molar-refractivity contribution in [3.8, 4) is 0 Å². The predicted octanol–water partition coefficient (Wildman–Crippen LogP) is 4.04. The van der Waals surface area contributed by atoms with Crippen molar-refractivity contribution in [1.29, 1.82) is 0 Å². The average Bonchev–Trinajstić information content (AvgIpc) is 2.86. The van der Waals surface area contributed by atoms with Gasteiger partial charge in [0.1, 0.15) is 0 Å². The molecule has 0 saturated carbocycles. The highest BCUT2D eigenvalue weighted by atomic mass is 15.1. The van der Waals surface area contributed by atoms with E-state index in [-0.39, 0.29) is 6.04 Å². The van der Waals surface area contributed by atoms with Crippen LogP contribution in [0.25, 0.3) is 10.9 Å². The van der Waals surface area contributed by atoms with Crippen molar-refractivity contribution < 1.29 is 0 Å². The molecule has 1 heterocycles. The fourth-order valence-electron chi connectivity index (χ4n) is 2.43. The number of aryl methyl sites for hydroxylation is 1. The molecule has 0 aliphatic carbocycles. The van der Waals surface area contributed by atoms with Gasteiger partial charge in [-0.2, -0.15) is 5.10 Å². The van der Waals surface area contributed by atoms with Gasteiger partial charge in [-0.15, -0.1) is 0 Å². The van der Waals surface area contributed by atoms with Gasteiger partial charge in [-0.3, -0.25) is 5.10 Å². The van der Waals surface area contributed by atoms with Gasteiger partial charge < -0.3 is 5.32 Å². The average molecular weight is 251 g/mol. The molecule has 2 aromatic carbocycles. The summed E-state index contributed by atoms with van der Waals surface area (Å²) in [4.78, 5) is 0. The van der Waals surface area contributed by atoms with E-state index < -0.39 is 0 Å². The van der Waals surface area contributed by atoms with Crippen molar-refractivity contribution in [3.05, 3.63) is 59.8 Å². The molecular weight excluding hydrogens is 234 g/mol. The van der Waals surface area contributed by atoms with E-state index in [1.165, 1.54) is 11.1 Å². The van der Waals surface area contributed by atoms with Gasteiger partial charge in [0, 0.05) is 17.1 Å². The molecule has 3 rings (SSSR count). The topological polar surface area (TPSA) is 40.7 Å². The van der Waals surface area contributed by atoms with E-state index in [0.717, 1.165) is 16.6 Å². The second-order valence-corrected chi connectivity index (χ2v) is 4.89. The van der Waals surface area contributed by atoms with E-state index in [2.05, 4.69) is 71.8 Å². The van der Waals surface area contributed by atoms with Crippen LogP contribution >= 0.6 is 0 Å². The zero-order valence-electron chi connectivity index (χ0n) is 11.1. The molecule has 3 aromatic rings. The summed E-state index contributed by atoms with van der Waals surface area (Å²) >= 11 is 0. The van der Waals surface area contributed by atoms with Gasteiger partial charge in [0.15, 0.2) is 0 Å². The fraction of sp³-hybridized carbons (Fsp3) is 0.188. The fourth-order valence-corrected chi connectivity index (χ4v) is 2.43. The Labute approximate surface area is 112 Å². The molecule has 0 saturated heterocycles. The number of nitrogens with one attached hydrogen (secondary N) is 2. The highest BCUT2D eigenvalue weighted by molar-refractivity contribution is 5.81. The first-order valence-electron chi connectivity index (χ1n) is 6.49. The lowest BCUT2D eigenvalue weighted by Crippen LogP contribution is -2.07. The lowest BCUT2D eigenvalue weighted by atomic mass is 10.0. The number of anilines is 1. The lowest BCUT2D eigenvalue weighted by molar-refractivity contribution is 0.874. The minimum atomic E-state index is 0.279. The number of hydrogen-bond acceptors (Lipinski definition) is 2. The van der Waals surface area contributed by atoms with Crippen molar-refractivity contribution in [1.82, 2.24) is 10.2 Å². The molecular formula is C16H17N3. The molecule has 0 fully saturated rings. The summed E-state index contributed by atoms with van der Waals surface area (Å²) < 4.78 is 0. The van der Waals surface area contributed by atoms with Crippen LogP contribution in [0.3, 0.4) is 0 Å². The summed E-state index contributed by atoms with van der Waals surface area (Å²) in [6.45, 7) is 4.32. The molecule has 2 N–H and O–H groups in total. The van der Waals surface area contributed by atoms with Crippen molar-refractivity contribution >= 4 is 16.6 Å². The van der Waals surface area contributed by atoms with Crippen LogP contribution in [-0.4, -0.2) is 10.2 Å². The van der Waals surface area contributed by atoms with E-state index in [4.69, 9.17) is 0 Å². The molecule has 1 unspecified atom stereocenters. The van der Waals surface area contributed by atoms with E-state index >= 15 is 0 Å². The maximum Gasteiger partial charge on any atom is 0.0670 e. The Bertz CT molecular complexity index is 700. The quantitative estimate of drug-likeness (QED) is 0.737. The van der Waals surface area contributed by atoms with Gasteiger partial charge in [0.2, 0.25) is 0 Å². The Morgan fingerprint density at radius 2 is 2.00 bits per heavy atom. The van der Waals surface area contributed by atoms with E-state index in [1.54, 1.807) is 0 Å². The Morgan fingerprint density at radius 3 is 2.84 bits per heavy atom. The molecule has 0 bridgehead atoms. The van der Waals surface area contributed by atoms with Crippen LogP contribution < -0.4 is 5.32 Å². The molecule has 0 aliphatic rings. The Kier molecular flexibility index (Phi) is 2.95. The normalized spacial score (nSPS) is 12.5. The standard InChI is InChI=1S/C16H17N3/c1-11-5-3-4-6-15(11)12(2)18-14-8-7-13-10-17-19-16(13)9-14/h3-10,12,18H,1-2H3,(H,17,19). The Hall–Kier alpha value is -2.29. The lowest BCUT2D eigenvalue weighted by Gasteiger charge is -2.17. The second-order valence-electron chi connectivity index (χ2n) is 4.89. The summed E-state index contributed by atoms with van der Waals surface area (Å²) in [5.41, 5.74) is 4.80. The maximum atomic E-state index is 4.04. The number of hydrogen-bond donors (Lipinski definition) is 2. The van der Waals surface area contributed by atoms with Crippen LogP contribution in [0.15, 0.2) is 48.7 Å². The third-order valence-electron chi connectivity index (χ3n) is 3.48. The van der Waals surface area contributed by atoms with Crippen LogP contribution in [-0.2, 0) is 0 Å². The third-order valence-corrected chi connectivity index (χ3v) is 3.48. The van der Waals surface area contributed by atoms with E-state index in [1.807, 2.05) is 6.20 Å². The SMILES string of the molecule is Cc1ccccc1C(C)Nc1ccc2cn[nH]c2c1. The molecule has 0 aliphatic heterocycles. The maximum absolute atomic E-state index is 4.04. The number of benzene rings is 2. The second kappa shape index (κ2) is 4.76. The van der Waals surface area contributed by atoms with Gasteiger partial charge in [-0.05, 0) is 43.2 Å². The van der Waals surface area contributed by atoms with Gasteiger partial charge in [0.05, 0.1) is 11.7 Å². The van der Waals surface area contributed by atoms with E-state index in [9.17, 15) is 0 Å². The highest BCUT2D eigenvalue weighted by Gasteiger charge is 2.08. The third kappa shape index (κ3) is 2.32. The van der Waals surface area contributed by atoms with Gasteiger partial charge in [-0.25, -0.2) is 0 Å². The monoisotopic (exact) mass is 251 g/mol. The number of aromatic amines is 1. The molecule has 1 aromatic heterocycles. The highest BCUT2D eigenvalue weighted by Crippen LogP contribution is 2.23. The van der Waals surface area contributed by atoms with Crippen molar-refractivity contribution in [3.63, 3.8) is 0 Å². The molecule has 0 spiro atoms.